The molecule has 0 aliphatic carbocycles. The van der Waals surface area contributed by atoms with Crippen LogP contribution in [0.5, 0.6) is 0 Å². The minimum absolute atomic E-state index is 0.0876. The standard InChI is InChI=1S/C12H13N5O/c1-2-5-16(6-3-13)12(18)10-8-15-17-7-4-14-9-11(10)17/h4,7-9H,2,5-6H2,1H3. The lowest BCUT2D eigenvalue weighted by Crippen LogP contribution is -2.32. The molecule has 0 spiro atoms. The number of carbonyl (C=O) groups excluding carboxylic acids is 1. The Labute approximate surface area is 104 Å². The first kappa shape index (κ1) is 12.0. The number of nitriles is 1. The zero-order valence-corrected chi connectivity index (χ0v) is 10.1. The molecule has 2 heterocycles. The molecule has 1 amide bonds. The van der Waals surface area contributed by atoms with Crippen LogP contribution in [0.25, 0.3) is 5.52 Å². The van der Waals surface area contributed by atoms with E-state index in [9.17, 15) is 4.79 Å². The molecule has 6 nitrogen and oxygen atoms in total. The van der Waals surface area contributed by atoms with E-state index in [1.54, 1.807) is 23.1 Å². The van der Waals surface area contributed by atoms with Crippen LogP contribution in [-0.4, -0.2) is 38.5 Å². The van der Waals surface area contributed by atoms with Gasteiger partial charge in [-0.05, 0) is 6.42 Å². The van der Waals surface area contributed by atoms with Gasteiger partial charge in [0.25, 0.3) is 5.91 Å². The maximum atomic E-state index is 12.3. The lowest BCUT2D eigenvalue weighted by molar-refractivity contribution is 0.0778. The Morgan fingerprint density at radius 2 is 2.39 bits per heavy atom. The second-order valence-electron chi connectivity index (χ2n) is 3.85. The summed E-state index contributed by atoms with van der Waals surface area (Å²) >= 11 is 0. The topological polar surface area (TPSA) is 74.3 Å². The Morgan fingerprint density at radius 1 is 1.56 bits per heavy atom. The molecule has 0 N–H and O–H groups in total. The van der Waals surface area contributed by atoms with Gasteiger partial charge in [-0.1, -0.05) is 6.92 Å². The van der Waals surface area contributed by atoms with Crippen LogP contribution in [0.3, 0.4) is 0 Å². The van der Waals surface area contributed by atoms with Gasteiger partial charge in [-0.3, -0.25) is 9.78 Å². The van der Waals surface area contributed by atoms with Gasteiger partial charge in [-0.2, -0.15) is 10.4 Å². The van der Waals surface area contributed by atoms with Crippen molar-refractivity contribution in [2.45, 2.75) is 13.3 Å². The average Bonchev–Trinajstić information content (AvgIpc) is 2.81. The molecule has 0 radical (unpaired) electrons. The van der Waals surface area contributed by atoms with Crippen molar-refractivity contribution in [3.05, 3.63) is 30.4 Å². The van der Waals surface area contributed by atoms with Gasteiger partial charge in [0, 0.05) is 18.9 Å². The third-order valence-electron chi connectivity index (χ3n) is 2.60. The average molecular weight is 243 g/mol. The highest BCUT2D eigenvalue weighted by atomic mass is 16.2. The molecule has 18 heavy (non-hydrogen) atoms. The molecule has 2 rings (SSSR count). The molecule has 0 atom stereocenters. The Morgan fingerprint density at radius 3 is 3.11 bits per heavy atom. The second-order valence-corrected chi connectivity index (χ2v) is 3.85. The van der Waals surface area contributed by atoms with Crippen molar-refractivity contribution in [2.75, 3.05) is 13.1 Å². The fourth-order valence-electron chi connectivity index (χ4n) is 1.78. The molecule has 0 bridgehead atoms. The van der Waals surface area contributed by atoms with Crippen LogP contribution in [0.15, 0.2) is 24.8 Å². The molecule has 0 fully saturated rings. The van der Waals surface area contributed by atoms with Crippen molar-refractivity contribution in [1.82, 2.24) is 19.5 Å². The number of nitrogens with zero attached hydrogens (tertiary/aromatic N) is 5. The number of rotatable bonds is 4. The van der Waals surface area contributed by atoms with Gasteiger partial charge in [0.2, 0.25) is 0 Å². The minimum atomic E-state index is -0.179. The fraction of sp³-hybridized carbons (Fsp3) is 0.333. The SMILES string of the molecule is CCCN(CC#N)C(=O)c1cnn2ccncc12. The predicted molar refractivity (Wildman–Crippen MR) is 64.8 cm³/mol. The molecule has 0 aliphatic rings. The second kappa shape index (κ2) is 5.27. The zero-order valence-electron chi connectivity index (χ0n) is 10.1. The molecular weight excluding hydrogens is 230 g/mol. The van der Waals surface area contributed by atoms with Crippen LogP contribution in [0.2, 0.25) is 0 Å². The molecule has 92 valence electrons. The largest absolute Gasteiger partial charge is 0.325 e. The highest BCUT2D eigenvalue weighted by molar-refractivity contribution is 6.00. The van der Waals surface area contributed by atoms with Crippen LogP contribution >= 0.6 is 0 Å². The molecule has 0 aliphatic heterocycles. The van der Waals surface area contributed by atoms with Crippen LogP contribution in [0, 0.1) is 11.3 Å². The summed E-state index contributed by atoms with van der Waals surface area (Å²) in [7, 11) is 0. The van der Waals surface area contributed by atoms with E-state index in [1.807, 2.05) is 13.0 Å². The zero-order chi connectivity index (χ0) is 13.0. The van der Waals surface area contributed by atoms with E-state index in [0.717, 1.165) is 6.42 Å². The highest BCUT2D eigenvalue weighted by Gasteiger charge is 2.18. The van der Waals surface area contributed by atoms with Gasteiger partial charge in [0.05, 0.1) is 29.5 Å². The van der Waals surface area contributed by atoms with E-state index in [0.29, 0.717) is 17.6 Å². The summed E-state index contributed by atoms with van der Waals surface area (Å²) in [5, 5.41) is 12.8. The van der Waals surface area contributed by atoms with E-state index in [1.165, 1.54) is 11.1 Å². The van der Waals surface area contributed by atoms with Crippen molar-refractivity contribution < 1.29 is 4.79 Å². The Balaban J connectivity index is 2.35. The molecule has 2 aromatic rings. The van der Waals surface area contributed by atoms with Crippen LogP contribution in [-0.2, 0) is 0 Å². The van der Waals surface area contributed by atoms with E-state index in [-0.39, 0.29) is 12.5 Å². The van der Waals surface area contributed by atoms with Gasteiger partial charge in [-0.15, -0.1) is 0 Å². The lowest BCUT2D eigenvalue weighted by Gasteiger charge is -2.17. The fourth-order valence-corrected chi connectivity index (χ4v) is 1.78. The van der Waals surface area contributed by atoms with Crippen LogP contribution in [0.1, 0.15) is 23.7 Å². The summed E-state index contributed by atoms with van der Waals surface area (Å²) in [6.45, 7) is 2.61. The summed E-state index contributed by atoms with van der Waals surface area (Å²) in [4.78, 5) is 17.8. The smallest absolute Gasteiger partial charge is 0.258 e. The number of hydrogen-bond acceptors (Lipinski definition) is 4. The van der Waals surface area contributed by atoms with Gasteiger partial charge in [0.1, 0.15) is 6.54 Å². The van der Waals surface area contributed by atoms with Gasteiger partial charge < -0.3 is 4.90 Å². The summed E-state index contributed by atoms with van der Waals surface area (Å²) in [5.41, 5.74) is 1.13. The quantitative estimate of drug-likeness (QED) is 0.754. The number of amides is 1. The maximum absolute atomic E-state index is 12.3. The molecule has 2 aromatic heterocycles. The molecule has 0 saturated carbocycles. The summed E-state index contributed by atoms with van der Waals surface area (Å²) in [5.74, 6) is -0.179. The Bertz CT molecular complexity index is 598. The highest BCUT2D eigenvalue weighted by Crippen LogP contribution is 2.12. The number of aromatic nitrogens is 3. The van der Waals surface area contributed by atoms with Gasteiger partial charge in [-0.25, -0.2) is 4.52 Å². The molecule has 6 heteroatoms. The van der Waals surface area contributed by atoms with Crippen molar-refractivity contribution in [3.8, 4) is 6.07 Å². The lowest BCUT2D eigenvalue weighted by atomic mass is 10.2. The van der Waals surface area contributed by atoms with E-state index >= 15 is 0 Å². The normalized spacial score (nSPS) is 10.2. The van der Waals surface area contributed by atoms with Crippen LogP contribution < -0.4 is 0 Å². The third kappa shape index (κ3) is 2.15. The summed E-state index contributed by atoms with van der Waals surface area (Å²) < 4.78 is 1.59. The molecule has 0 saturated heterocycles. The first-order valence-corrected chi connectivity index (χ1v) is 5.71. The van der Waals surface area contributed by atoms with E-state index < -0.39 is 0 Å². The summed E-state index contributed by atoms with van der Waals surface area (Å²) in [6.07, 6.45) is 7.20. The van der Waals surface area contributed by atoms with Crippen molar-refractivity contribution in [3.63, 3.8) is 0 Å². The Kier molecular flexibility index (Phi) is 3.53. The first-order chi connectivity index (χ1) is 8.77. The van der Waals surface area contributed by atoms with Gasteiger partial charge >= 0.3 is 0 Å². The molecule has 0 aromatic carbocycles. The number of carbonyl (C=O) groups is 1. The van der Waals surface area contributed by atoms with Crippen LogP contribution in [0.4, 0.5) is 0 Å². The first-order valence-electron chi connectivity index (χ1n) is 5.71. The van der Waals surface area contributed by atoms with Crippen molar-refractivity contribution in [2.24, 2.45) is 0 Å². The Hall–Kier alpha value is -2.42. The minimum Gasteiger partial charge on any atom is -0.325 e. The monoisotopic (exact) mass is 243 g/mol. The third-order valence-corrected chi connectivity index (χ3v) is 2.60. The number of hydrogen-bond donors (Lipinski definition) is 0. The predicted octanol–water partition coefficient (Wildman–Crippen LogP) is 1.11. The van der Waals surface area contributed by atoms with Gasteiger partial charge in [0.15, 0.2) is 0 Å². The van der Waals surface area contributed by atoms with E-state index in [4.69, 9.17) is 5.26 Å². The molecule has 0 unspecified atom stereocenters. The maximum Gasteiger partial charge on any atom is 0.258 e. The molecular formula is C12H13N5O. The van der Waals surface area contributed by atoms with E-state index in [2.05, 4.69) is 10.1 Å². The van der Waals surface area contributed by atoms with Crippen molar-refractivity contribution >= 4 is 11.4 Å². The van der Waals surface area contributed by atoms with Crippen molar-refractivity contribution in [1.29, 1.82) is 5.26 Å². The number of fused-ring (bicyclic) bond motifs is 1. The summed E-state index contributed by atoms with van der Waals surface area (Å²) in [6, 6.07) is 2.01.